The Kier molecular flexibility index (Phi) is 4.85. The van der Waals surface area contributed by atoms with Crippen LogP contribution in [-0.2, 0) is 4.74 Å². The molecule has 6 nitrogen and oxygen atoms in total. The van der Waals surface area contributed by atoms with Crippen LogP contribution >= 0.6 is 0 Å². The molecule has 0 radical (unpaired) electrons. The van der Waals surface area contributed by atoms with Gasteiger partial charge in [0.15, 0.2) is 11.5 Å². The zero-order valence-electron chi connectivity index (χ0n) is 14.5. The van der Waals surface area contributed by atoms with E-state index in [-0.39, 0.29) is 17.4 Å². The lowest BCUT2D eigenvalue weighted by Crippen LogP contribution is -2.57. The number of rotatable bonds is 5. The van der Waals surface area contributed by atoms with Gasteiger partial charge in [-0.25, -0.2) is 0 Å². The van der Waals surface area contributed by atoms with E-state index in [1.54, 1.807) is 19.2 Å². The third-order valence-electron chi connectivity index (χ3n) is 5.41. The maximum absolute atomic E-state index is 12.8. The third kappa shape index (κ3) is 2.79. The summed E-state index contributed by atoms with van der Waals surface area (Å²) in [5, 5.41) is 3.19. The molecule has 1 aliphatic carbocycles. The van der Waals surface area contributed by atoms with Crippen molar-refractivity contribution in [1.29, 1.82) is 0 Å². The number of benzene rings is 1. The first-order valence-electron chi connectivity index (χ1n) is 8.33. The Hall–Kier alpha value is -1.95. The summed E-state index contributed by atoms with van der Waals surface area (Å²) < 4.78 is 21.5. The molecule has 1 aromatic rings. The van der Waals surface area contributed by atoms with Crippen molar-refractivity contribution >= 4 is 5.91 Å². The van der Waals surface area contributed by atoms with Gasteiger partial charge in [0.25, 0.3) is 5.91 Å². The fraction of sp³-hybridized carbons (Fsp3) is 0.611. The highest BCUT2D eigenvalue weighted by Crippen LogP contribution is 2.49. The summed E-state index contributed by atoms with van der Waals surface area (Å²) >= 11 is 0. The number of methoxy groups -OCH3 is 3. The van der Waals surface area contributed by atoms with E-state index in [0.717, 1.165) is 38.9 Å². The molecule has 2 fully saturated rings. The van der Waals surface area contributed by atoms with Gasteiger partial charge in [0.05, 0.1) is 26.9 Å². The molecule has 1 aliphatic heterocycles. The maximum atomic E-state index is 12.8. The van der Waals surface area contributed by atoms with Gasteiger partial charge in [0, 0.05) is 19.3 Å². The van der Waals surface area contributed by atoms with Crippen molar-refractivity contribution < 1.29 is 23.7 Å². The van der Waals surface area contributed by atoms with E-state index in [9.17, 15) is 4.79 Å². The van der Waals surface area contributed by atoms with E-state index in [1.165, 1.54) is 14.2 Å². The second-order valence-electron chi connectivity index (χ2n) is 6.42. The second kappa shape index (κ2) is 6.89. The lowest BCUT2D eigenvalue weighted by molar-refractivity contribution is -0.0523. The summed E-state index contributed by atoms with van der Waals surface area (Å²) in [6.07, 6.45) is 4.20. The van der Waals surface area contributed by atoms with Crippen LogP contribution in [0.5, 0.6) is 17.2 Å². The highest BCUT2D eigenvalue weighted by Gasteiger charge is 2.48. The zero-order valence-corrected chi connectivity index (χ0v) is 14.5. The molecular weight excluding hydrogens is 310 g/mol. The van der Waals surface area contributed by atoms with Gasteiger partial charge in [-0.15, -0.1) is 0 Å². The van der Waals surface area contributed by atoms with Crippen molar-refractivity contribution in [3.05, 3.63) is 17.7 Å². The average molecular weight is 335 g/mol. The first kappa shape index (κ1) is 16.9. The molecular formula is C18H25NO5. The van der Waals surface area contributed by atoms with Gasteiger partial charge in [0.1, 0.15) is 0 Å². The predicted molar refractivity (Wildman–Crippen MR) is 89.1 cm³/mol. The predicted octanol–water partition coefficient (Wildman–Crippen LogP) is 2.40. The highest BCUT2D eigenvalue weighted by molar-refractivity contribution is 5.98. The molecule has 6 heteroatoms. The van der Waals surface area contributed by atoms with Gasteiger partial charge in [-0.2, -0.15) is 0 Å². The number of carbonyl (C=O) groups excluding carboxylic acids is 1. The largest absolute Gasteiger partial charge is 0.493 e. The Bertz CT molecular complexity index is 610. The van der Waals surface area contributed by atoms with E-state index >= 15 is 0 Å². The van der Waals surface area contributed by atoms with Crippen LogP contribution in [0.4, 0.5) is 0 Å². The molecule has 132 valence electrons. The van der Waals surface area contributed by atoms with Gasteiger partial charge in [-0.1, -0.05) is 0 Å². The zero-order chi connectivity index (χ0) is 17.2. The number of hydrogen-bond donors (Lipinski definition) is 1. The molecule has 24 heavy (non-hydrogen) atoms. The van der Waals surface area contributed by atoms with Crippen molar-refractivity contribution in [2.45, 2.75) is 31.7 Å². The summed E-state index contributed by atoms with van der Waals surface area (Å²) in [5.74, 6) is 1.23. The minimum absolute atomic E-state index is 0.136. The lowest BCUT2D eigenvalue weighted by atomic mass is 9.60. The normalized spacial score (nSPS) is 21.7. The quantitative estimate of drug-likeness (QED) is 0.895. The number of hydrogen-bond acceptors (Lipinski definition) is 5. The monoisotopic (exact) mass is 335 g/mol. The Morgan fingerprint density at radius 1 is 1.08 bits per heavy atom. The molecule has 1 atom stereocenters. The summed E-state index contributed by atoms with van der Waals surface area (Å²) in [6, 6.07) is 3.64. The second-order valence-corrected chi connectivity index (χ2v) is 6.42. The fourth-order valence-corrected chi connectivity index (χ4v) is 3.81. The van der Waals surface area contributed by atoms with E-state index < -0.39 is 0 Å². The van der Waals surface area contributed by atoms with Gasteiger partial charge in [-0.3, -0.25) is 4.79 Å². The summed E-state index contributed by atoms with van der Waals surface area (Å²) in [6.45, 7) is 1.57. The molecule has 0 bridgehead atoms. The molecule has 1 amide bonds. The van der Waals surface area contributed by atoms with Crippen LogP contribution in [0, 0.1) is 5.41 Å². The topological polar surface area (TPSA) is 66.0 Å². The fourth-order valence-electron chi connectivity index (χ4n) is 3.81. The first-order valence-corrected chi connectivity index (χ1v) is 8.33. The Labute approximate surface area is 142 Å². The standard InChI is InChI=1S/C18H25NO5/c1-21-13-5-4-12(15(22-2)16(13)23-3)17(20)19-14-6-7-18(14)8-10-24-11-9-18/h4-5,14H,6-11H2,1-3H3,(H,19,20). The van der Waals surface area contributed by atoms with Crippen LogP contribution in [0.25, 0.3) is 0 Å². The number of ether oxygens (including phenoxy) is 4. The SMILES string of the molecule is COc1ccc(C(=O)NC2CCC23CCOCC3)c(OC)c1OC. The van der Waals surface area contributed by atoms with Crippen molar-refractivity contribution in [1.82, 2.24) is 5.32 Å². The Balaban J connectivity index is 1.80. The Morgan fingerprint density at radius 3 is 2.33 bits per heavy atom. The first-order chi connectivity index (χ1) is 11.6. The van der Waals surface area contributed by atoms with Crippen LogP contribution in [0.1, 0.15) is 36.0 Å². The van der Waals surface area contributed by atoms with Crippen LogP contribution in [0.2, 0.25) is 0 Å². The van der Waals surface area contributed by atoms with Crippen LogP contribution in [0.3, 0.4) is 0 Å². The molecule has 0 aromatic heterocycles. The summed E-state index contributed by atoms with van der Waals surface area (Å²) in [7, 11) is 4.61. The Morgan fingerprint density at radius 2 is 1.79 bits per heavy atom. The van der Waals surface area contributed by atoms with Crippen molar-refractivity contribution in [2.75, 3.05) is 34.5 Å². The number of nitrogens with one attached hydrogen (secondary N) is 1. The summed E-state index contributed by atoms with van der Waals surface area (Å²) in [5.41, 5.74) is 0.668. The third-order valence-corrected chi connectivity index (χ3v) is 5.41. The van der Waals surface area contributed by atoms with Gasteiger partial charge < -0.3 is 24.3 Å². The van der Waals surface area contributed by atoms with Crippen molar-refractivity contribution in [2.24, 2.45) is 5.41 Å². The number of amides is 1. The molecule has 3 rings (SSSR count). The average Bonchev–Trinajstić information content (AvgIpc) is 2.64. The van der Waals surface area contributed by atoms with Crippen molar-refractivity contribution in [3.8, 4) is 17.2 Å². The number of carbonyl (C=O) groups is 1. The van der Waals surface area contributed by atoms with E-state index in [1.807, 2.05) is 0 Å². The van der Waals surface area contributed by atoms with Gasteiger partial charge in [0.2, 0.25) is 5.75 Å². The van der Waals surface area contributed by atoms with E-state index in [4.69, 9.17) is 18.9 Å². The molecule has 2 aliphatic rings. The smallest absolute Gasteiger partial charge is 0.255 e. The van der Waals surface area contributed by atoms with E-state index in [2.05, 4.69) is 5.32 Å². The minimum atomic E-state index is -0.136. The molecule has 1 aromatic carbocycles. The van der Waals surface area contributed by atoms with Crippen molar-refractivity contribution in [3.63, 3.8) is 0 Å². The molecule has 1 unspecified atom stereocenters. The molecule has 1 N–H and O–H groups in total. The van der Waals surface area contributed by atoms with Crippen LogP contribution in [-0.4, -0.2) is 46.5 Å². The maximum Gasteiger partial charge on any atom is 0.255 e. The molecule has 1 spiro atoms. The van der Waals surface area contributed by atoms with Crippen LogP contribution < -0.4 is 19.5 Å². The van der Waals surface area contributed by atoms with Gasteiger partial charge >= 0.3 is 0 Å². The minimum Gasteiger partial charge on any atom is -0.493 e. The molecule has 1 saturated heterocycles. The molecule has 1 heterocycles. The van der Waals surface area contributed by atoms with Crippen LogP contribution in [0.15, 0.2) is 12.1 Å². The molecule has 1 saturated carbocycles. The van der Waals surface area contributed by atoms with Gasteiger partial charge in [-0.05, 0) is 43.2 Å². The highest BCUT2D eigenvalue weighted by atomic mass is 16.5. The lowest BCUT2D eigenvalue weighted by Gasteiger charge is -2.52. The van der Waals surface area contributed by atoms with E-state index in [0.29, 0.717) is 22.8 Å². The summed E-state index contributed by atoms with van der Waals surface area (Å²) in [4.78, 5) is 12.8.